The molecule has 2 aromatic carbocycles. The van der Waals surface area contributed by atoms with Crippen molar-refractivity contribution in [2.75, 3.05) is 26.1 Å². The van der Waals surface area contributed by atoms with Crippen molar-refractivity contribution >= 4 is 40.5 Å². The van der Waals surface area contributed by atoms with Crippen molar-refractivity contribution in [2.45, 2.75) is 18.7 Å². The predicted molar refractivity (Wildman–Crippen MR) is 117 cm³/mol. The van der Waals surface area contributed by atoms with Crippen LogP contribution < -0.4 is 19.7 Å². The zero-order valence-electron chi connectivity index (χ0n) is 16.6. The van der Waals surface area contributed by atoms with Gasteiger partial charge in [0.2, 0.25) is 5.91 Å². The molecule has 3 unspecified atom stereocenters. The maximum Gasteiger partial charge on any atom is 0.233 e. The summed E-state index contributed by atoms with van der Waals surface area (Å²) in [5.41, 5.74) is 0.557. The van der Waals surface area contributed by atoms with Crippen LogP contribution in [0.2, 0.25) is 5.02 Å². The maximum atomic E-state index is 13.3. The quantitative estimate of drug-likeness (QED) is 0.749. The first-order valence-corrected chi connectivity index (χ1v) is 9.99. The Hall–Kier alpha value is -2.51. The fourth-order valence-corrected chi connectivity index (χ4v) is 4.74. The van der Waals surface area contributed by atoms with Gasteiger partial charge in [0, 0.05) is 30.7 Å². The Morgan fingerprint density at radius 3 is 2.76 bits per heavy atom. The zero-order chi connectivity index (χ0) is 20.9. The van der Waals surface area contributed by atoms with E-state index in [1.165, 1.54) is 0 Å². The average molecular weight is 432 g/mol. The highest BCUT2D eigenvalue weighted by Crippen LogP contribution is 2.50. The molecule has 4 rings (SSSR count). The van der Waals surface area contributed by atoms with Gasteiger partial charge in [0.1, 0.15) is 17.4 Å². The number of hydrogen-bond acceptors (Lipinski definition) is 4. The highest BCUT2D eigenvalue weighted by atomic mass is 35.5. The zero-order valence-corrected chi connectivity index (χ0v) is 18.2. The molecule has 0 saturated carbocycles. The highest BCUT2D eigenvalue weighted by molar-refractivity contribution is 7.80. The largest absolute Gasteiger partial charge is 0.497 e. The van der Waals surface area contributed by atoms with Crippen LogP contribution in [0, 0.1) is 5.92 Å². The summed E-state index contributed by atoms with van der Waals surface area (Å²) in [5.74, 6) is 0.745. The van der Waals surface area contributed by atoms with Crippen molar-refractivity contribution in [3.63, 3.8) is 0 Å². The molecule has 0 aromatic heterocycles. The van der Waals surface area contributed by atoms with Gasteiger partial charge in [-0.25, -0.2) is 0 Å². The van der Waals surface area contributed by atoms with Crippen molar-refractivity contribution in [2.24, 2.45) is 5.92 Å². The first kappa shape index (κ1) is 19.8. The van der Waals surface area contributed by atoms with Crippen LogP contribution in [0.1, 0.15) is 18.5 Å². The Morgan fingerprint density at radius 1 is 1.31 bits per heavy atom. The molecule has 6 nitrogen and oxygen atoms in total. The molecule has 2 aliphatic heterocycles. The lowest BCUT2D eigenvalue weighted by Crippen LogP contribution is -2.72. The summed E-state index contributed by atoms with van der Waals surface area (Å²) in [7, 11) is 5.09. The van der Waals surface area contributed by atoms with E-state index in [-0.39, 0.29) is 11.9 Å². The van der Waals surface area contributed by atoms with Gasteiger partial charge in [0.05, 0.1) is 18.8 Å². The number of hydrogen-bond donors (Lipinski definition) is 1. The molecule has 29 heavy (non-hydrogen) atoms. The molecule has 1 fully saturated rings. The van der Waals surface area contributed by atoms with E-state index in [1.807, 2.05) is 48.2 Å². The van der Waals surface area contributed by atoms with E-state index < -0.39 is 11.6 Å². The van der Waals surface area contributed by atoms with E-state index in [4.69, 9.17) is 33.3 Å². The number of ether oxygens (including phenoxy) is 2. The van der Waals surface area contributed by atoms with Gasteiger partial charge in [0.25, 0.3) is 0 Å². The number of thiocarbonyl (C=S) groups is 1. The minimum absolute atomic E-state index is 0.0639. The lowest BCUT2D eigenvalue weighted by Gasteiger charge is -2.56. The van der Waals surface area contributed by atoms with E-state index in [1.54, 1.807) is 32.2 Å². The fourth-order valence-electron chi connectivity index (χ4n) is 4.15. The molecule has 0 radical (unpaired) electrons. The molecule has 1 amide bonds. The van der Waals surface area contributed by atoms with Crippen LogP contribution in [0.3, 0.4) is 0 Å². The number of halogens is 1. The van der Waals surface area contributed by atoms with Gasteiger partial charge in [-0.3, -0.25) is 9.69 Å². The summed E-state index contributed by atoms with van der Waals surface area (Å²) in [5, 5.41) is 4.41. The van der Waals surface area contributed by atoms with Crippen LogP contribution in [-0.2, 0) is 4.79 Å². The van der Waals surface area contributed by atoms with Gasteiger partial charge in [-0.15, -0.1) is 0 Å². The van der Waals surface area contributed by atoms with Gasteiger partial charge in [0.15, 0.2) is 10.8 Å². The van der Waals surface area contributed by atoms with Crippen molar-refractivity contribution in [3.05, 3.63) is 53.1 Å². The number of carbonyl (C=O) groups excluding carboxylic acids is 1. The molecule has 1 saturated heterocycles. The summed E-state index contributed by atoms with van der Waals surface area (Å²) >= 11 is 12.0. The molecule has 2 aromatic rings. The van der Waals surface area contributed by atoms with Gasteiger partial charge in [-0.2, -0.15) is 0 Å². The summed E-state index contributed by atoms with van der Waals surface area (Å²) in [4.78, 5) is 16.7. The Labute approximate surface area is 180 Å². The molecule has 0 spiro atoms. The number of methoxy groups -OCH3 is 1. The molecule has 152 valence electrons. The molecule has 0 aliphatic carbocycles. The number of fused-ring (bicyclic) bond motifs is 4. The van der Waals surface area contributed by atoms with E-state index >= 15 is 0 Å². The smallest absolute Gasteiger partial charge is 0.233 e. The van der Waals surface area contributed by atoms with Crippen LogP contribution in [0.5, 0.6) is 11.5 Å². The highest BCUT2D eigenvalue weighted by Gasteiger charge is 2.59. The molecule has 2 aliphatic rings. The number of anilines is 1. The van der Waals surface area contributed by atoms with Gasteiger partial charge < -0.3 is 19.7 Å². The molecule has 8 heteroatoms. The standard InChI is InChI=1S/C21H22ClN3O3S/c1-21-17(19(26)24(2)3)18(15-10-12(22)8-9-16(15)28-21)23-20(29)25(21)13-6-5-7-14(11-13)27-4/h5-11,17-18H,1-4H3,(H,23,29). The number of rotatable bonds is 3. The van der Waals surface area contributed by atoms with E-state index in [2.05, 4.69) is 5.32 Å². The SMILES string of the molecule is COc1cccc(N2C(=S)NC3c4cc(Cl)ccc4OC2(C)C3C(=O)N(C)C)c1. The molecule has 3 atom stereocenters. The summed E-state index contributed by atoms with van der Waals surface area (Å²) in [6.45, 7) is 1.90. The molecule has 1 N–H and O–H groups in total. The van der Waals surface area contributed by atoms with Crippen LogP contribution >= 0.6 is 23.8 Å². The normalized spacial score (nSPS) is 24.9. The van der Waals surface area contributed by atoms with Crippen molar-refractivity contribution < 1.29 is 14.3 Å². The maximum absolute atomic E-state index is 13.3. The number of amides is 1. The van der Waals surface area contributed by atoms with Crippen LogP contribution in [0.15, 0.2) is 42.5 Å². The molecule has 2 heterocycles. The van der Waals surface area contributed by atoms with Crippen LogP contribution in [-0.4, -0.2) is 42.8 Å². The van der Waals surface area contributed by atoms with E-state index in [0.717, 1.165) is 11.3 Å². The van der Waals surface area contributed by atoms with Crippen LogP contribution in [0.25, 0.3) is 0 Å². The van der Waals surface area contributed by atoms with Gasteiger partial charge >= 0.3 is 0 Å². The second-order valence-corrected chi connectivity index (χ2v) is 8.34. The molecular weight excluding hydrogens is 410 g/mol. The second-order valence-electron chi connectivity index (χ2n) is 7.51. The van der Waals surface area contributed by atoms with Crippen LogP contribution in [0.4, 0.5) is 5.69 Å². The van der Waals surface area contributed by atoms with Crippen molar-refractivity contribution in [1.82, 2.24) is 10.2 Å². The summed E-state index contributed by atoms with van der Waals surface area (Å²) in [6, 6.07) is 12.6. The van der Waals surface area contributed by atoms with Crippen molar-refractivity contribution in [3.8, 4) is 11.5 Å². The summed E-state index contributed by atoms with van der Waals surface area (Å²) in [6.07, 6.45) is 0. The number of nitrogens with one attached hydrogen (secondary N) is 1. The topological polar surface area (TPSA) is 54.0 Å². The van der Waals surface area contributed by atoms with E-state index in [9.17, 15) is 4.79 Å². The van der Waals surface area contributed by atoms with Crippen molar-refractivity contribution in [1.29, 1.82) is 0 Å². The Balaban J connectivity index is 1.91. The Kier molecular flexibility index (Phi) is 4.83. The Bertz CT molecular complexity index is 999. The third-order valence-electron chi connectivity index (χ3n) is 5.48. The predicted octanol–water partition coefficient (Wildman–Crippen LogP) is 3.60. The third kappa shape index (κ3) is 3.09. The summed E-state index contributed by atoms with van der Waals surface area (Å²) < 4.78 is 11.9. The average Bonchev–Trinajstić information content (AvgIpc) is 2.67. The molecular formula is C21H22ClN3O3S. The first-order chi connectivity index (χ1) is 13.8. The minimum atomic E-state index is -1.04. The lowest BCUT2D eigenvalue weighted by atomic mass is 9.78. The first-order valence-electron chi connectivity index (χ1n) is 9.20. The number of nitrogens with zero attached hydrogens (tertiary/aromatic N) is 2. The Morgan fingerprint density at radius 2 is 2.07 bits per heavy atom. The minimum Gasteiger partial charge on any atom is -0.497 e. The number of benzene rings is 2. The fraction of sp³-hybridized carbons (Fsp3) is 0.333. The van der Waals surface area contributed by atoms with E-state index in [0.29, 0.717) is 21.6 Å². The van der Waals surface area contributed by atoms with Gasteiger partial charge in [-0.1, -0.05) is 17.7 Å². The lowest BCUT2D eigenvalue weighted by molar-refractivity contribution is -0.144. The number of carbonyl (C=O) groups is 1. The van der Waals surface area contributed by atoms with Gasteiger partial charge in [-0.05, 0) is 49.5 Å². The monoisotopic (exact) mass is 431 g/mol. The molecule has 2 bridgehead atoms. The second kappa shape index (κ2) is 7.07. The third-order valence-corrected chi connectivity index (χ3v) is 6.01.